The lowest BCUT2D eigenvalue weighted by molar-refractivity contribution is -0.156. The van der Waals surface area contributed by atoms with Crippen LogP contribution < -0.4 is 5.32 Å². The van der Waals surface area contributed by atoms with E-state index in [0.29, 0.717) is 37.9 Å². The van der Waals surface area contributed by atoms with Crippen LogP contribution in [0.5, 0.6) is 0 Å². The molecule has 176 valence electrons. The van der Waals surface area contributed by atoms with Crippen molar-refractivity contribution >= 4 is 46.1 Å². The summed E-state index contributed by atoms with van der Waals surface area (Å²) in [4.78, 5) is 49.7. The molecule has 9 heteroatoms. The van der Waals surface area contributed by atoms with Crippen molar-refractivity contribution in [2.75, 3.05) is 0 Å². The summed E-state index contributed by atoms with van der Waals surface area (Å²) in [6.45, 7) is 7.94. The Morgan fingerprint density at radius 1 is 1.19 bits per heavy atom. The maximum absolute atomic E-state index is 13.0. The van der Waals surface area contributed by atoms with E-state index >= 15 is 0 Å². The van der Waals surface area contributed by atoms with Crippen molar-refractivity contribution in [3.63, 3.8) is 0 Å². The van der Waals surface area contributed by atoms with Gasteiger partial charge in [-0.15, -0.1) is 0 Å². The van der Waals surface area contributed by atoms with Crippen molar-refractivity contribution in [3.8, 4) is 0 Å². The Kier molecular flexibility index (Phi) is 7.11. The first-order chi connectivity index (χ1) is 14.8. The second-order valence-corrected chi connectivity index (χ2v) is 10.8. The molecule has 1 aromatic heterocycles. The van der Waals surface area contributed by atoms with E-state index in [-0.39, 0.29) is 28.2 Å². The molecule has 3 rings (SSSR count). The van der Waals surface area contributed by atoms with Crippen LogP contribution in [-0.4, -0.2) is 38.6 Å². The Labute approximate surface area is 198 Å². The molecule has 0 atom stereocenters. The summed E-state index contributed by atoms with van der Waals surface area (Å²) in [5, 5.41) is 2.09. The van der Waals surface area contributed by atoms with Gasteiger partial charge in [-0.2, -0.15) is 0 Å². The first kappa shape index (κ1) is 24.8. The number of ether oxygens (including phenoxy) is 1. The van der Waals surface area contributed by atoms with Crippen LogP contribution in [0.2, 0.25) is 5.02 Å². The maximum Gasteiger partial charge on any atom is 0.306 e. The highest BCUT2D eigenvalue weighted by Gasteiger charge is 2.38. The van der Waals surface area contributed by atoms with Gasteiger partial charge >= 0.3 is 5.97 Å². The van der Waals surface area contributed by atoms with Gasteiger partial charge in [0.1, 0.15) is 11.3 Å². The highest BCUT2D eigenvalue weighted by Crippen LogP contribution is 2.36. The number of carbonyl (C=O) groups is 4. The van der Waals surface area contributed by atoms with Crippen molar-refractivity contribution in [2.45, 2.75) is 90.3 Å². The zero-order valence-corrected chi connectivity index (χ0v) is 20.5. The average Bonchev–Trinajstić information content (AvgIpc) is 3.20. The molecule has 1 N–H and O–H groups in total. The monoisotopic (exact) mass is 484 g/mol. The van der Waals surface area contributed by atoms with Crippen LogP contribution in [0, 0.1) is 5.92 Å². The third kappa shape index (κ3) is 5.37. The van der Waals surface area contributed by atoms with Crippen molar-refractivity contribution in [1.82, 2.24) is 9.88 Å². The van der Waals surface area contributed by atoms with E-state index in [1.54, 1.807) is 4.57 Å². The van der Waals surface area contributed by atoms with Crippen LogP contribution in [0.15, 0.2) is 0 Å². The molecule has 1 saturated carbocycles. The van der Waals surface area contributed by atoms with Crippen molar-refractivity contribution in [2.24, 2.45) is 5.92 Å². The van der Waals surface area contributed by atoms with Crippen LogP contribution in [0.1, 0.15) is 92.8 Å². The molecule has 0 aromatic carbocycles. The Morgan fingerprint density at radius 3 is 2.38 bits per heavy atom. The lowest BCUT2D eigenvalue weighted by Gasteiger charge is -2.38. The molecule has 0 radical (unpaired) electrons. The lowest BCUT2D eigenvalue weighted by atomic mass is 9.76. The molecule has 0 bridgehead atoms. The molecule has 2 heterocycles. The minimum Gasteiger partial charge on any atom is -0.460 e. The molecule has 1 amide bonds. The van der Waals surface area contributed by atoms with E-state index in [1.165, 1.54) is 0 Å². The molecule has 0 unspecified atom stereocenters. The minimum atomic E-state index is -0.764. The van der Waals surface area contributed by atoms with Crippen LogP contribution >= 0.6 is 23.2 Å². The van der Waals surface area contributed by atoms with Crippen LogP contribution in [0.25, 0.3) is 0 Å². The average molecular weight is 485 g/mol. The van der Waals surface area contributed by atoms with E-state index in [9.17, 15) is 19.2 Å². The van der Waals surface area contributed by atoms with Crippen LogP contribution in [0.4, 0.5) is 0 Å². The fourth-order valence-corrected chi connectivity index (χ4v) is 5.30. The van der Waals surface area contributed by atoms with Gasteiger partial charge < -0.3 is 14.6 Å². The number of carbonyl (C=O) groups excluding carboxylic acids is 4. The summed E-state index contributed by atoms with van der Waals surface area (Å²) in [6.07, 6.45) is 4.46. The molecular formula is C23H30Cl2N2O5. The summed E-state index contributed by atoms with van der Waals surface area (Å²) < 4.78 is 7.04. The first-order valence-corrected chi connectivity index (χ1v) is 11.8. The molecule has 32 heavy (non-hydrogen) atoms. The predicted octanol–water partition coefficient (Wildman–Crippen LogP) is 4.45. The van der Waals surface area contributed by atoms with Gasteiger partial charge in [0, 0.05) is 24.2 Å². The fraction of sp³-hybridized carbons (Fsp3) is 0.652. The van der Waals surface area contributed by atoms with E-state index in [1.807, 2.05) is 27.7 Å². The van der Waals surface area contributed by atoms with Gasteiger partial charge in [0.15, 0.2) is 0 Å². The topological polar surface area (TPSA) is 94.5 Å². The number of halogens is 2. The molecule has 1 aliphatic heterocycles. The number of ketones is 1. The molecule has 7 nitrogen and oxygen atoms in total. The number of Topliss-reactive ketones (excluding diaryl/α,β-unsaturated/α-hetero) is 1. The summed E-state index contributed by atoms with van der Waals surface area (Å²) in [5.74, 6) is -1.54. The van der Waals surface area contributed by atoms with Crippen molar-refractivity contribution in [1.29, 1.82) is 0 Å². The Balaban J connectivity index is 1.64. The molecule has 1 aromatic rings. The zero-order valence-electron chi connectivity index (χ0n) is 19.0. The number of nitrogens with one attached hydrogen (secondary N) is 1. The van der Waals surface area contributed by atoms with E-state index in [4.69, 9.17) is 27.9 Å². The second kappa shape index (κ2) is 9.18. The maximum atomic E-state index is 13.0. The largest absolute Gasteiger partial charge is 0.460 e. The highest BCUT2D eigenvalue weighted by molar-refractivity contribution is 6.69. The van der Waals surface area contributed by atoms with Gasteiger partial charge in [0.25, 0.3) is 16.9 Å². The molecule has 2 aliphatic rings. The number of hydrogen-bond acceptors (Lipinski definition) is 5. The first-order valence-electron chi connectivity index (χ1n) is 11.0. The quantitative estimate of drug-likeness (QED) is 0.278. The SMILES string of the molecule is CC(C)(C)OC(=O)C[C@H]1CC[C@](C)(NC(=O)C(=O)c2c(Cl)c(C(=O)Cl)c3n2CCC3)CC1. The van der Waals surface area contributed by atoms with Gasteiger partial charge in [0.2, 0.25) is 0 Å². The molecule has 0 spiro atoms. The third-order valence-electron chi connectivity index (χ3n) is 6.22. The van der Waals surface area contributed by atoms with Gasteiger partial charge in [-0.3, -0.25) is 19.2 Å². The zero-order chi connectivity index (χ0) is 23.8. The summed E-state index contributed by atoms with van der Waals surface area (Å²) in [6, 6.07) is 0. The number of aromatic nitrogens is 1. The normalized spacial score (nSPS) is 22.9. The van der Waals surface area contributed by atoms with Crippen LogP contribution in [-0.2, 0) is 27.3 Å². The van der Waals surface area contributed by atoms with Gasteiger partial charge in [-0.1, -0.05) is 11.6 Å². The number of amides is 1. The predicted molar refractivity (Wildman–Crippen MR) is 121 cm³/mol. The van der Waals surface area contributed by atoms with Gasteiger partial charge in [-0.25, -0.2) is 0 Å². The lowest BCUT2D eigenvalue weighted by Crippen LogP contribution is -2.51. The van der Waals surface area contributed by atoms with Gasteiger partial charge in [-0.05, 0) is 83.7 Å². The second-order valence-electron chi connectivity index (χ2n) is 10.1. The van der Waals surface area contributed by atoms with E-state index in [2.05, 4.69) is 5.32 Å². The smallest absolute Gasteiger partial charge is 0.306 e. The molecule has 0 saturated heterocycles. The molecule has 1 fully saturated rings. The van der Waals surface area contributed by atoms with Crippen molar-refractivity contribution < 1.29 is 23.9 Å². The Bertz CT molecular complexity index is 953. The molecular weight excluding hydrogens is 455 g/mol. The molecule has 1 aliphatic carbocycles. The number of esters is 1. The minimum absolute atomic E-state index is 0.0304. The number of rotatable bonds is 6. The number of hydrogen-bond donors (Lipinski definition) is 1. The van der Waals surface area contributed by atoms with Crippen LogP contribution in [0.3, 0.4) is 0 Å². The fourth-order valence-electron chi connectivity index (χ4n) is 4.67. The summed E-state index contributed by atoms with van der Waals surface area (Å²) in [5.41, 5.74) is -0.309. The Hall–Kier alpha value is -1.86. The summed E-state index contributed by atoms with van der Waals surface area (Å²) in [7, 11) is 0. The third-order valence-corrected chi connectivity index (χ3v) is 6.78. The van der Waals surface area contributed by atoms with Crippen molar-refractivity contribution in [3.05, 3.63) is 22.0 Å². The van der Waals surface area contributed by atoms with E-state index < -0.39 is 28.1 Å². The Morgan fingerprint density at radius 2 is 1.81 bits per heavy atom. The standard InChI is InChI=1S/C23H30Cl2N2O5/c1-22(2,3)32-15(28)12-13-7-9-23(4,10-8-13)26-21(31)19(29)18-17(24)16(20(25)30)14-6-5-11-27(14)18/h13H,5-12H2,1-4H3,(H,26,31)/t13-,23-. The number of nitrogens with zero attached hydrogens (tertiary/aromatic N) is 1. The van der Waals surface area contributed by atoms with Gasteiger partial charge in [0.05, 0.1) is 10.6 Å². The number of fused-ring (bicyclic) bond motifs is 1. The summed E-state index contributed by atoms with van der Waals surface area (Å²) >= 11 is 12.0. The highest BCUT2D eigenvalue weighted by atomic mass is 35.5. The van der Waals surface area contributed by atoms with E-state index in [0.717, 1.165) is 19.3 Å².